The highest BCUT2D eigenvalue weighted by Gasteiger charge is 2.03. The Bertz CT molecular complexity index is 985. The minimum atomic E-state index is -0.227. The summed E-state index contributed by atoms with van der Waals surface area (Å²) in [6, 6.07) is 27.1. The van der Waals surface area contributed by atoms with Crippen LogP contribution in [0.25, 0.3) is 0 Å². The van der Waals surface area contributed by atoms with Crippen molar-refractivity contribution in [2.75, 3.05) is 17.6 Å². The molecular weight excluding hydrogens is 394 g/mol. The van der Waals surface area contributed by atoms with Crippen LogP contribution in [0.3, 0.4) is 0 Å². The molecule has 0 atom stereocenters. The molecule has 0 saturated carbocycles. The lowest BCUT2D eigenvalue weighted by Gasteiger charge is -2.10. The Morgan fingerprint density at radius 2 is 1.77 bits per heavy atom. The molecule has 0 heterocycles. The fraction of sp³-hybridized carbons (Fsp3) is 0.167. The summed E-state index contributed by atoms with van der Waals surface area (Å²) in [5.74, 6) is 1.54. The van der Waals surface area contributed by atoms with Crippen LogP contribution in [0.2, 0.25) is 0 Å². The monoisotopic (exact) mass is 417 g/mol. The van der Waals surface area contributed by atoms with Crippen LogP contribution in [0, 0.1) is 11.3 Å². The Morgan fingerprint density at radius 1 is 0.967 bits per heavy atom. The van der Waals surface area contributed by atoms with Gasteiger partial charge in [0.15, 0.2) is 0 Å². The van der Waals surface area contributed by atoms with Gasteiger partial charge in [0.05, 0.1) is 12.5 Å². The Morgan fingerprint density at radius 3 is 2.53 bits per heavy atom. The molecule has 0 aliphatic heterocycles. The van der Waals surface area contributed by atoms with Crippen molar-refractivity contribution in [2.24, 2.45) is 0 Å². The summed E-state index contributed by atoms with van der Waals surface area (Å²) < 4.78 is 5.79. The van der Waals surface area contributed by atoms with Gasteiger partial charge in [-0.3, -0.25) is 0 Å². The maximum absolute atomic E-state index is 12.1. The molecule has 0 aromatic heterocycles. The number of carbonyl (C=O) groups is 1. The van der Waals surface area contributed by atoms with E-state index in [1.54, 1.807) is 11.8 Å². The molecule has 3 aromatic carbocycles. The van der Waals surface area contributed by atoms with Gasteiger partial charge in [0.1, 0.15) is 12.4 Å². The SMILES string of the molecule is N#CCc1ccc(OCc2cccc(NC(=O)NCCSc3ccccc3)c2)cc1. The molecular formula is C24H23N3O2S. The van der Waals surface area contributed by atoms with Crippen LogP contribution in [0.15, 0.2) is 83.8 Å². The summed E-state index contributed by atoms with van der Waals surface area (Å²) in [4.78, 5) is 13.3. The first-order valence-electron chi connectivity index (χ1n) is 9.63. The van der Waals surface area contributed by atoms with Gasteiger partial charge in [0.2, 0.25) is 0 Å². The highest BCUT2D eigenvalue weighted by molar-refractivity contribution is 7.99. The number of hydrogen-bond donors (Lipinski definition) is 2. The van der Waals surface area contributed by atoms with Crippen LogP contribution < -0.4 is 15.4 Å². The van der Waals surface area contributed by atoms with Crippen molar-refractivity contribution in [1.29, 1.82) is 5.26 Å². The number of anilines is 1. The van der Waals surface area contributed by atoms with E-state index in [0.29, 0.717) is 25.3 Å². The van der Waals surface area contributed by atoms with E-state index in [1.165, 1.54) is 4.90 Å². The number of benzene rings is 3. The van der Waals surface area contributed by atoms with Gasteiger partial charge in [-0.05, 0) is 47.5 Å². The van der Waals surface area contributed by atoms with E-state index in [1.807, 2.05) is 66.7 Å². The lowest BCUT2D eigenvalue weighted by Crippen LogP contribution is -2.30. The van der Waals surface area contributed by atoms with Crippen molar-refractivity contribution < 1.29 is 9.53 Å². The summed E-state index contributed by atoms with van der Waals surface area (Å²) in [6.45, 7) is 0.971. The van der Waals surface area contributed by atoms with E-state index < -0.39 is 0 Å². The van der Waals surface area contributed by atoms with Crippen molar-refractivity contribution in [3.8, 4) is 11.8 Å². The second-order valence-corrected chi connectivity index (χ2v) is 7.68. The fourth-order valence-electron chi connectivity index (χ4n) is 2.73. The lowest BCUT2D eigenvalue weighted by molar-refractivity contribution is 0.252. The molecule has 0 unspecified atom stereocenters. The van der Waals surface area contributed by atoms with Gasteiger partial charge in [-0.25, -0.2) is 4.79 Å². The number of nitriles is 1. The summed E-state index contributed by atoms with van der Waals surface area (Å²) in [5, 5.41) is 14.4. The minimum absolute atomic E-state index is 0.227. The number of hydrogen-bond acceptors (Lipinski definition) is 4. The number of rotatable bonds is 9. The molecule has 0 fully saturated rings. The average Bonchev–Trinajstić information content (AvgIpc) is 2.77. The number of amides is 2. The van der Waals surface area contributed by atoms with E-state index in [4.69, 9.17) is 10.00 Å². The Kier molecular flexibility index (Phi) is 8.19. The number of nitrogens with one attached hydrogen (secondary N) is 2. The molecule has 0 bridgehead atoms. The molecule has 0 spiro atoms. The summed E-state index contributed by atoms with van der Waals surface area (Å²) in [6.07, 6.45) is 0.390. The smallest absolute Gasteiger partial charge is 0.319 e. The first kappa shape index (κ1) is 21.3. The number of thioether (sulfide) groups is 1. The van der Waals surface area contributed by atoms with Gasteiger partial charge >= 0.3 is 6.03 Å². The van der Waals surface area contributed by atoms with Gasteiger partial charge < -0.3 is 15.4 Å². The van der Waals surface area contributed by atoms with E-state index in [0.717, 1.165) is 22.6 Å². The highest BCUT2D eigenvalue weighted by Crippen LogP contribution is 2.17. The van der Waals surface area contributed by atoms with Crippen LogP contribution in [-0.4, -0.2) is 18.3 Å². The van der Waals surface area contributed by atoms with Crippen molar-refractivity contribution >= 4 is 23.5 Å². The predicted octanol–water partition coefficient (Wildman–Crippen LogP) is 5.25. The zero-order valence-corrected chi connectivity index (χ0v) is 17.3. The summed E-state index contributed by atoms with van der Waals surface area (Å²) in [5.41, 5.74) is 2.63. The van der Waals surface area contributed by atoms with Gasteiger partial charge in [-0.2, -0.15) is 5.26 Å². The molecule has 5 nitrogen and oxygen atoms in total. The van der Waals surface area contributed by atoms with E-state index in [-0.39, 0.29) is 6.03 Å². The number of carbonyl (C=O) groups excluding carboxylic acids is 1. The van der Waals surface area contributed by atoms with Gasteiger partial charge in [-0.1, -0.05) is 42.5 Å². The molecule has 2 N–H and O–H groups in total. The van der Waals surface area contributed by atoms with E-state index in [9.17, 15) is 4.79 Å². The third-order valence-corrected chi connectivity index (χ3v) is 5.21. The topological polar surface area (TPSA) is 74.1 Å². The largest absolute Gasteiger partial charge is 0.489 e. The maximum atomic E-state index is 12.1. The Balaban J connectivity index is 1.42. The predicted molar refractivity (Wildman–Crippen MR) is 121 cm³/mol. The molecule has 30 heavy (non-hydrogen) atoms. The summed E-state index contributed by atoms with van der Waals surface area (Å²) in [7, 11) is 0. The molecule has 0 saturated heterocycles. The zero-order chi connectivity index (χ0) is 21.0. The van der Waals surface area contributed by atoms with Crippen molar-refractivity contribution in [3.05, 3.63) is 90.0 Å². The molecule has 3 aromatic rings. The maximum Gasteiger partial charge on any atom is 0.319 e. The van der Waals surface area contributed by atoms with Gasteiger partial charge in [0, 0.05) is 22.9 Å². The van der Waals surface area contributed by atoms with Crippen molar-refractivity contribution in [1.82, 2.24) is 5.32 Å². The molecule has 0 radical (unpaired) electrons. The summed E-state index contributed by atoms with van der Waals surface area (Å²) >= 11 is 1.70. The van der Waals surface area contributed by atoms with Crippen LogP contribution >= 0.6 is 11.8 Å². The third kappa shape index (κ3) is 7.19. The first-order valence-corrected chi connectivity index (χ1v) is 10.6. The van der Waals surface area contributed by atoms with Crippen LogP contribution in [0.4, 0.5) is 10.5 Å². The first-order chi connectivity index (χ1) is 14.7. The van der Waals surface area contributed by atoms with Crippen molar-refractivity contribution in [2.45, 2.75) is 17.9 Å². The van der Waals surface area contributed by atoms with E-state index in [2.05, 4.69) is 28.8 Å². The van der Waals surface area contributed by atoms with E-state index >= 15 is 0 Å². The number of nitrogens with zero attached hydrogens (tertiary/aromatic N) is 1. The molecule has 152 valence electrons. The second-order valence-electron chi connectivity index (χ2n) is 6.51. The number of urea groups is 1. The third-order valence-electron chi connectivity index (χ3n) is 4.20. The quantitative estimate of drug-likeness (QED) is 0.369. The number of ether oxygens (including phenoxy) is 1. The van der Waals surface area contributed by atoms with Crippen LogP contribution in [0.1, 0.15) is 11.1 Å². The Hall–Kier alpha value is -3.43. The average molecular weight is 418 g/mol. The van der Waals surface area contributed by atoms with Gasteiger partial charge in [-0.15, -0.1) is 11.8 Å². The standard InChI is InChI=1S/C24H23N3O2S/c25-14-13-19-9-11-22(12-10-19)29-18-20-5-4-6-21(17-20)27-24(28)26-15-16-30-23-7-2-1-3-8-23/h1-12,17H,13,15-16,18H2,(H2,26,27,28). The molecule has 0 aliphatic rings. The normalized spacial score (nSPS) is 10.1. The van der Waals surface area contributed by atoms with Crippen molar-refractivity contribution in [3.63, 3.8) is 0 Å². The molecule has 6 heteroatoms. The minimum Gasteiger partial charge on any atom is -0.489 e. The zero-order valence-electron chi connectivity index (χ0n) is 16.5. The van der Waals surface area contributed by atoms with Crippen LogP contribution in [0.5, 0.6) is 5.75 Å². The molecule has 3 rings (SSSR count). The Labute approximate surface area is 181 Å². The highest BCUT2D eigenvalue weighted by atomic mass is 32.2. The molecule has 0 aliphatic carbocycles. The fourth-order valence-corrected chi connectivity index (χ4v) is 3.52. The lowest BCUT2D eigenvalue weighted by atomic mass is 10.1. The van der Waals surface area contributed by atoms with Gasteiger partial charge in [0.25, 0.3) is 0 Å². The molecule has 2 amide bonds. The second kappa shape index (κ2) is 11.5. The van der Waals surface area contributed by atoms with Crippen LogP contribution in [-0.2, 0) is 13.0 Å².